The maximum absolute atomic E-state index is 11.8. The Hall–Kier alpha value is -0.240. The summed E-state index contributed by atoms with van der Waals surface area (Å²) in [6, 6.07) is 0. The molecule has 0 aromatic rings. The lowest BCUT2D eigenvalue weighted by Gasteiger charge is -2.15. The number of hydrogen-bond acceptors (Lipinski definition) is 4. The Morgan fingerprint density at radius 3 is 2.47 bits per heavy atom. The van der Waals surface area contributed by atoms with Crippen LogP contribution in [0.15, 0.2) is 0 Å². The van der Waals surface area contributed by atoms with Crippen molar-refractivity contribution in [1.82, 2.24) is 4.72 Å². The number of rotatable bonds is 9. The Labute approximate surface area is 109 Å². The van der Waals surface area contributed by atoms with E-state index in [-0.39, 0.29) is 11.5 Å². The first-order valence-corrected chi connectivity index (χ1v) is 7.62. The van der Waals surface area contributed by atoms with Gasteiger partial charge < -0.3 is 10.5 Å². The van der Waals surface area contributed by atoms with Crippen molar-refractivity contribution in [1.29, 1.82) is 0 Å². The molecule has 0 amide bonds. The maximum Gasteiger partial charge on any atom is 0.221 e. The van der Waals surface area contributed by atoms with E-state index in [4.69, 9.17) is 22.7 Å². The fraction of sp³-hybridized carbons (Fsp3) is 0.900. The molecule has 7 heteroatoms. The molecule has 102 valence electrons. The Bertz CT molecular complexity index is 328. The molecule has 0 aliphatic carbocycles. The fourth-order valence-corrected chi connectivity index (χ4v) is 3.11. The van der Waals surface area contributed by atoms with E-state index in [2.05, 4.69) is 4.72 Å². The van der Waals surface area contributed by atoms with Crippen LogP contribution < -0.4 is 10.5 Å². The quantitative estimate of drug-likeness (QED) is 0.479. The minimum atomic E-state index is -3.47. The molecule has 0 saturated heterocycles. The summed E-state index contributed by atoms with van der Waals surface area (Å²) >= 11 is 4.73. The molecule has 5 nitrogen and oxygen atoms in total. The van der Waals surface area contributed by atoms with Gasteiger partial charge in [0.15, 0.2) is 0 Å². The number of ether oxygens (including phenoxy) is 1. The highest BCUT2D eigenvalue weighted by molar-refractivity contribution is 7.93. The molecule has 1 unspecified atom stereocenters. The highest BCUT2D eigenvalue weighted by Crippen LogP contribution is 2.04. The second-order valence-electron chi connectivity index (χ2n) is 4.21. The van der Waals surface area contributed by atoms with E-state index in [1.165, 1.54) is 0 Å². The van der Waals surface area contributed by atoms with E-state index in [0.717, 1.165) is 0 Å². The minimum Gasteiger partial charge on any atom is -0.392 e. The van der Waals surface area contributed by atoms with Crippen LogP contribution in [0.2, 0.25) is 0 Å². The molecule has 0 heterocycles. The first kappa shape index (κ1) is 16.8. The largest absolute Gasteiger partial charge is 0.392 e. The normalized spacial score (nSPS) is 13.9. The second kappa shape index (κ2) is 7.97. The fourth-order valence-electron chi connectivity index (χ4n) is 1.25. The van der Waals surface area contributed by atoms with Crippen molar-refractivity contribution < 1.29 is 13.2 Å². The van der Waals surface area contributed by atoms with Crippen LogP contribution >= 0.6 is 12.2 Å². The summed E-state index contributed by atoms with van der Waals surface area (Å²) in [6.07, 6.45) is 0.373. The van der Waals surface area contributed by atoms with Crippen LogP contribution in [-0.4, -0.2) is 38.4 Å². The van der Waals surface area contributed by atoms with E-state index in [0.29, 0.717) is 25.6 Å². The zero-order valence-corrected chi connectivity index (χ0v) is 12.2. The number of thiocarbonyl (C=S) groups is 1. The zero-order valence-electron chi connectivity index (χ0n) is 10.6. The van der Waals surface area contributed by atoms with Crippen LogP contribution in [0.1, 0.15) is 27.2 Å². The molecule has 0 spiro atoms. The highest BCUT2D eigenvalue weighted by Gasteiger charge is 2.25. The van der Waals surface area contributed by atoms with Gasteiger partial charge in [-0.05, 0) is 12.3 Å². The van der Waals surface area contributed by atoms with Gasteiger partial charge in [-0.25, -0.2) is 13.1 Å². The van der Waals surface area contributed by atoms with Gasteiger partial charge in [0.25, 0.3) is 0 Å². The average molecular weight is 282 g/mol. The van der Waals surface area contributed by atoms with E-state index in [1.54, 1.807) is 6.92 Å². The van der Waals surface area contributed by atoms with Crippen LogP contribution in [0, 0.1) is 5.92 Å². The van der Waals surface area contributed by atoms with Crippen molar-refractivity contribution in [2.75, 3.05) is 19.8 Å². The van der Waals surface area contributed by atoms with Gasteiger partial charge in [0.05, 0.1) is 11.6 Å². The number of nitrogens with two attached hydrogens (primary N) is 1. The third-order valence-corrected chi connectivity index (χ3v) is 4.44. The molecular formula is C10H22N2O3S2. The molecule has 0 fully saturated rings. The van der Waals surface area contributed by atoms with Crippen LogP contribution in [0.5, 0.6) is 0 Å². The molecule has 0 aliphatic heterocycles. The van der Waals surface area contributed by atoms with Crippen molar-refractivity contribution >= 4 is 27.2 Å². The van der Waals surface area contributed by atoms with Crippen molar-refractivity contribution in [3.63, 3.8) is 0 Å². The van der Waals surface area contributed by atoms with Crippen molar-refractivity contribution in [2.45, 2.75) is 32.4 Å². The van der Waals surface area contributed by atoms with E-state index in [1.807, 2.05) is 13.8 Å². The smallest absolute Gasteiger partial charge is 0.221 e. The Morgan fingerprint density at radius 1 is 1.47 bits per heavy atom. The van der Waals surface area contributed by atoms with Crippen molar-refractivity contribution in [3.05, 3.63) is 0 Å². The highest BCUT2D eigenvalue weighted by atomic mass is 32.2. The Kier molecular flexibility index (Phi) is 7.85. The Balaban J connectivity index is 4.06. The summed E-state index contributed by atoms with van der Waals surface area (Å²) in [5.41, 5.74) is 5.38. The number of sulfonamides is 1. The molecule has 0 bridgehead atoms. The molecule has 0 aromatic carbocycles. The van der Waals surface area contributed by atoms with Gasteiger partial charge in [0.1, 0.15) is 5.25 Å². The first-order valence-electron chi connectivity index (χ1n) is 5.66. The van der Waals surface area contributed by atoms with Crippen molar-refractivity contribution in [3.8, 4) is 0 Å². The van der Waals surface area contributed by atoms with Crippen LogP contribution in [0.4, 0.5) is 0 Å². The van der Waals surface area contributed by atoms with Gasteiger partial charge >= 0.3 is 0 Å². The van der Waals surface area contributed by atoms with Gasteiger partial charge in [-0.2, -0.15) is 0 Å². The van der Waals surface area contributed by atoms with Crippen molar-refractivity contribution in [2.24, 2.45) is 11.7 Å². The molecule has 0 aliphatic rings. The lowest BCUT2D eigenvalue weighted by atomic mass is 10.2. The lowest BCUT2D eigenvalue weighted by molar-refractivity contribution is 0.114. The number of nitrogens with one attached hydrogen (secondary N) is 1. The summed E-state index contributed by atoms with van der Waals surface area (Å²) in [5.74, 6) is 0.437. The second-order valence-corrected chi connectivity index (χ2v) is 6.63. The minimum absolute atomic E-state index is 0.00287. The monoisotopic (exact) mass is 282 g/mol. The summed E-state index contributed by atoms with van der Waals surface area (Å²) in [4.78, 5) is 0.00287. The van der Waals surface area contributed by atoms with Crippen LogP contribution in [0.3, 0.4) is 0 Å². The standard InChI is InChI=1S/C10H22N2O3S2/c1-4-9(10(11)16)17(13,14)12-5-6-15-7-8(2)3/h8-9,12H,4-7H2,1-3H3,(H2,11,16). The molecule has 17 heavy (non-hydrogen) atoms. The molecule has 1 atom stereocenters. The van der Waals surface area contributed by atoms with Gasteiger partial charge in [0.2, 0.25) is 10.0 Å². The summed E-state index contributed by atoms with van der Waals surface area (Å²) in [7, 11) is -3.47. The SMILES string of the molecule is CCC(C(N)=S)S(=O)(=O)NCCOCC(C)C. The average Bonchev–Trinajstić information content (AvgIpc) is 2.16. The number of hydrogen-bond donors (Lipinski definition) is 2. The van der Waals surface area contributed by atoms with Gasteiger partial charge in [0, 0.05) is 13.2 Å². The molecule has 0 aromatic heterocycles. The van der Waals surface area contributed by atoms with Crippen LogP contribution in [0.25, 0.3) is 0 Å². The molecule has 0 rings (SSSR count). The third-order valence-electron chi connectivity index (χ3n) is 2.06. The Morgan fingerprint density at radius 2 is 2.06 bits per heavy atom. The van der Waals surface area contributed by atoms with Gasteiger partial charge in [-0.1, -0.05) is 33.0 Å². The predicted molar refractivity (Wildman–Crippen MR) is 73.4 cm³/mol. The van der Waals surface area contributed by atoms with E-state index >= 15 is 0 Å². The maximum atomic E-state index is 11.8. The predicted octanol–water partition coefficient (Wildman–Crippen LogP) is 0.643. The molecule has 3 N–H and O–H groups in total. The molecular weight excluding hydrogens is 260 g/mol. The lowest BCUT2D eigenvalue weighted by Crippen LogP contribution is -2.42. The van der Waals surface area contributed by atoms with Gasteiger partial charge in [-0.15, -0.1) is 0 Å². The first-order chi connectivity index (χ1) is 7.81. The third kappa shape index (κ3) is 6.92. The summed E-state index contributed by atoms with van der Waals surface area (Å²) < 4.78 is 31.3. The van der Waals surface area contributed by atoms with E-state index in [9.17, 15) is 8.42 Å². The topological polar surface area (TPSA) is 81.4 Å². The van der Waals surface area contributed by atoms with Crippen LogP contribution in [-0.2, 0) is 14.8 Å². The van der Waals surface area contributed by atoms with E-state index < -0.39 is 15.3 Å². The summed E-state index contributed by atoms with van der Waals surface area (Å²) in [5, 5.41) is -0.803. The summed E-state index contributed by atoms with van der Waals surface area (Å²) in [6.45, 7) is 7.01. The molecule has 0 saturated carbocycles. The van der Waals surface area contributed by atoms with Gasteiger partial charge in [-0.3, -0.25) is 0 Å². The molecule has 0 radical (unpaired) electrons. The zero-order chi connectivity index (χ0) is 13.5.